The summed E-state index contributed by atoms with van der Waals surface area (Å²) in [6, 6.07) is 4.08. The van der Waals surface area contributed by atoms with Gasteiger partial charge in [-0.05, 0) is 51.9 Å². The van der Waals surface area contributed by atoms with E-state index in [2.05, 4.69) is 47.1 Å². The van der Waals surface area contributed by atoms with Gasteiger partial charge in [-0.15, -0.1) is 10.2 Å². The average molecular weight is 368 g/mol. The second-order valence-electron chi connectivity index (χ2n) is 8.65. The van der Waals surface area contributed by atoms with E-state index in [9.17, 15) is 0 Å². The Labute approximate surface area is 159 Å². The van der Waals surface area contributed by atoms with Gasteiger partial charge in [0.1, 0.15) is 5.76 Å². The van der Waals surface area contributed by atoms with Crippen LogP contribution in [0.5, 0.6) is 0 Å². The Morgan fingerprint density at radius 3 is 2.48 bits per heavy atom. The number of rotatable bonds is 3. The summed E-state index contributed by atoms with van der Waals surface area (Å²) >= 11 is 0. The molecule has 4 heterocycles. The van der Waals surface area contributed by atoms with Crippen molar-refractivity contribution in [2.75, 3.05) is 13.1 Å². The molecule has 7 nitrogen and oxygen atoms in total. The van der Waals surface area contributed by atoms with E-state index in [0.717, 1.165) is 61.1 Å². The van der Waals surface area contributed by atoms with Gasteiger partial charge in [-0.1, -0.05) is 25.9 Å². The monoisotopic (exact) mass is 368 g/mol. The van der Waals surface area contributed by atoms with Gasteiger partial charge in [-0.3, -0.25) is 4.90 Å². The fraction of sp³-hybridized carbons (Fsp3) is 0.600. The van der Waals surface area contributed by atoms with Gasteiger partial charge in [0.05, 0.1) is 11.4 Å². The fourth-order valence-corrected chi connectivity index (χ4v) is 3.76. The SMILES string of the molecule is Cc1noc(C)c1CN1CCC(c2nnc3ccc(C(C)(C)C)nn23)CC1. The molecule has 0 atom stereocenters. The first-order valence-corrected chi connectivity index (χ1v) is 9.70. The molecule has 0 saturated carbocycles. The first-order valence-electron chi connectivity index (χ1n) is 9.70. The van der Waals surface area contributed by atoms with E-state index in [-0.39, 0.29) is 5.41 Å². The molecule has 0 spiro atoms. The van der Waals surface area contributed by atoms with Crippen LogP contribution in [0.3, 0.4) is 0 Å². The molecule has 7 heteroatoms. The van der Waals surface area contributed by atoms with E-state index in [1.807, 2.05) is 24.4 Å². The predicted octanol–water partition coefficient (Wildman–Crippen LogP) is 3.41. The van der Waals surface area contributed by atoms with Crippen molar-refractivity contribution in [3.8, 4) is 0 Å². The molecule has 4 rings (SSSR count). The molecule has 1 saturated heterocycles. The Kier molecular flexibility index (Phi) is 4.50. The molecule has 0 aliphatic carbocycles. The zero-order valence-electron chi connectivity index (χ0n) is 16.9. The van der Waals surface area contributed by atoms with E-state index < -0.39 is 0 Å². The summed E-state index contributed by atoms with van der Waals surface area (Å²) in [5, 5.41) is 17.7. The Balaban J connectivity index is 1.49. The van der Waals surface area contributed by atoms with E-state index in [0.29, 0.717) is 5.92 Å². The topological polar surface area (TPSA) is 72.3 Å². The largest absolute Gasteiger partial charge is 0.361 e. The minimum absolute atomic E-state index is 0.00738. The molecule has 3 aromatic rings. The van der Waals surface area contributed by atoms with Crippen LogP contribution < -0.4 is 0 Å². The van der Waals surface area contributed by atoms with E-state index in [1.54, 1.807) is 0 Å². The van der Waals surface area contributed by atoms with Crippen molar-refractivity contribution in [1.29, 1.82) is 0 Å². The molecular formula is C20H28N6O. The van der Waals surface area contributed by atoms with Crippen molar-refractivity contribution >= 4 is 5.65 Å². The molecule has 0 amide bonds. The average Bonchev–Trinajstić information content (AvgIpc) is 3.19. The minimum atomic E-state index is 0.00738. The van der Waals surface area contributed by atoms with Gasteiger partial charge in [-0.25, -0.2) is 0 Å². The molecule has 1 aliphatic heterocycles. The van der Waals surface area contributed by atoms with Crippen LogP contribution in [-0.4, -0.2) is 43.0 Å². The smallest absolute Gasteiger partial charge is 0.177 e. The first-order chi connectivity index (χ1) is 12.8. The molecule has 0 bridgehead atoms. The third kappa shape index (κ3) is 3.48. The van der Waals surface area contributed by atoms with Crippen molar-refractivity contribution in [3.05, 3.63) is 40.7 Å². The van der Waals surface area contributed by atoms with E-state index >= 15 is 0 Å². The summed E-state index contributed by atoms with van der Waals surface area (Å²) in [5.41, 5.74) is 4.12. The van der Waals surface area contributed by atoms with Gasteiger partial charge >= 0.3 is 0 Å². The Hall–Kier alpha value is -2.28. The molecule has 1 aliphatic rings. The number of aromatic nitrogens is 5. The summed E-state index contributed by atoms with van der Waals surface area (Å²) in [6.45, 7) is 13.5. The number of hydrogen-bond donors (Lipinski definition) is 0. The predicted molar refractivity (Wildman–Crippen MR) is 103 cm³/mol. The molecule has 0 N–H and O–H groups in total. The maximum atomic E-state index is 5.30. The van der Waals surface area contributed by atoms with Crippen LogP contribution in [-0.2, 0) is 12.0 Å². The third-order valence-electron chi connectivity index (χ3n) is 5.57. The number of fused-ring (bicyclic) bond motifs is 1. The molecular weight excluding hydrogens is 340 g/mol. The third-order valence-corrected chi connectivity index (χ3v) is 5.57. The van der Waals surface area contributed by atoms with Crippen molar-refractivity contribution < 1.29 is 4.52 Å². The number of nitrogens with zero attached hydrogens (tertiary/aromatic N) is 6. The highest BCUT2D eigenvalue weighted by Crippen LogP contribution is 2.29. The zero-order valence-corrected chi connectivity index (χ0v) is 16.9. The minimum Gasteiger partial charge on any atom is -0.361 e. The summed E-state index contributed by atoms with van der Waals surface area (Å²) in [4.78, 5) is 2.47. The Bertz CT molecular complexity index is 924. The first kappa shape index (κ1) is 18.1. The standard InChI is InChI=1S/C20H28N6O/c1-13-16(14(2)27-24-13)12-25-10-8-15(9-11-25)19-22-21-18-7-6-17(20(3,4)5)23-26(18)19/h6-7,15H,8-12H2,1-5H3. The summed E-state index contributed by atoms with van der Waals surface area (Å²) in [5.74, 6) is 2.31. The normalized spacial score (nSPS) is 17.1. The van der Waals surface area contributed by atoms with Gasteiger partial charge in [0.2, 0.25) is 0 Å². The molecule has 0 radical (unpaired) electrons. The van der Waals surface area contributed by atoms with Crippen LogP contribution in [0.15, 0.2) is 16.7 Å². The van der Waals surface area contributed by atoms with Crippen LogP contribution in [0.25, 0.3) is 5.65 Å². The van der Waals surface area contributed by atoms with Crippen molar-refractivity contribution in [3.63, 3.8) is 0 Å². The molecule has 0 unspecified atom stereocenters. The van der Waals surface area contributed by atoms with Gasteiger partial charge in [0.15, 0.2) is 11.5 Å². The summed E-state index contributed by atoms with van der Waals surface area (Å²) < 4.78 is 7.25. The van der Waals surface area contributed by atoms with Gasteiger partial charge in [-0.2, -0.15) is 9.61 Å². The van der Waals surface area contributed by atoms with Gasteiger partial charge < -0.3 is 4.52 Å². The van der Waals surface area contributed by atoms with Crippen molar-refractivity contribution in [1.82, 2.24) is 29.9 Å². The van der Waals surface area contributed by atoms with Gasteiger partial charge in [0.25, 0.3) is 0 Å². The van der Waals surface area contributed by atoms with Crippen molar-refractivity contribution in [2.45, 2.75) is 65.3 Å². The summed E-state index contributed by atoms with van der Waals surface area (Å²) in [6.07, 6.45) is 2.12. The lowest BCUT2D eigenvalue weighted by Gasteiger charge is -2.31. The fourth-order valence-electron chi connectivity index (χ4n) is 3.76. The molecule has 3 aromatic heterocycles. The number of aryl methyl sites for hydroxylation is 2. The van der Waals surface area contributed by atoms with Crippen LogP contribution >= 0.6 is 0 Å². The molecule has 1 fully saturated rings. The second-order valence-corrected chi connectivity index (χ2v) is 8.65. The molecule has 144 valence electrons. The van der Waals surface area contributed by atoms with E-state index in [4.69, 9.17) is 9.62 Å². The highest BCUT2D eigenvalue weighted by molar-refractivity contribution is 5.38. The number of hydrogen-bond acceptors (Lipinski definition) is 6. The lowest BCUT2D eigenvalue weighted by molar-refractivity contribution is 0.199. The Morgan fingerprint density at radius 1 is 1.11 bits per heavy atom. The molecule has 27 heavy (non-hydrogen) atoms. The van der Waals surface area contributed by atoms with Gasteiger partial charge in [0, 0.05) is 23.4 Å². The highest BCUT2D eigenvalue weighted by Gasteiger charge is 2.27. The number of piperidine rings is 1. The Morgan fingerprint density at radius 2 is 1.85 bits per heavy atom. The second kappa shape index (κ2) is 6.71. The zero-order chi connectivity index (χ0) is 19.2. The maximum Gasteiger partial charge on any atom is 0.177 e. The number of likely N-dealkylation sites (tertiary alicyclic amines) is 1. The van der Waals surface area contributed by atoms with Crippen LogP contribution in [0.2, 0.25) is 0 Å². The van der Waals surface area contributed by atoms with Crippen LogP contribution in [0, 0.1) is 13.8 Å². The van der Waals surface area contributed by atoms with Crippen LogP contribution in [0.1, 0.15) is 68.1 Å². The van der Waals surface area contributed by atoms with Crippen molar-refractivity contribution in [2.24, 2.45) is 0 Å². The summed E-state index contributed by atoms with van der Waals surface area (Å²) in [7, 11) is 0. The lowest BCUT2D eigenvalue weighted by Crippen LogP contribution is -2.33. The molecule has 0 aromatic carbocycles. The van der Waals surface area contributed by atoms with Crippen LogP contribution in [0.4, 0.5) is 0 Å². The lowest BCUT2D eigenvalue weighted by atomic mass is 9.92. The highest BCUT2D eigenvalue weighted by atomic mass is 16.5. The maximum absolute atomic E-state index is 5.30. The van der Waals surface area contributed by atoms with E-state index in [1.165, 1.54) is 5.56 Å². The quantitative estimate of drug-likeness (QED) is 0.705.